The van der Waals surface area contributed by atoms with Crippen LogP contribution in [0.5, 0.6) is 0 Å². The van der Waals surface area contributed by atoms with Gasteiger partial charge in [0.25, 0.3) is 0 Å². The molecular weight excluding hydrogens is 130 g/mol. The lowest BCUT2D eigenvalue weighted by Crippen LogP contribution is -1.97. The molecule has 0 amide bonds. The molecule has 51 valence electrons. The van der Waals surface area contributed by atoms with Crippen molar-refractivity contribution in [3.63, 3.8) is 0 Å². The molecule has 0 fully saturated rings. The van der Waals surface area contributed by atoms with Crippen LogP contribution in [0.2, 0.25) is 0 Å². The van der Waals surface area contributed by atoms with E-state index in [0.717, 1.165) is 0 Å². The van der Waals surface area contributed by atoms with Crippen LogP contribution >= 0.6 is 0 Å². The van der Waals surface area contributed by atoms with E-state index in [-0.39, 0.29) is 5.56 Å². The van der Waals surface area contributed by atoms with Gasteiger partial charge in [-0.2, -0.15) is 0 Å². The minimum Gasteiger partial charge on any atom is -0.478 e. The monoisotopic (exact) mass is 136 g/mol. The molecule has 0 bridgehead atoms. The molecule has 3 heteroatoms. The number of carboxylic acid groups (broad SMARTS) is 1. The third-order valence-electron chi connectivity index (χ3n) is 1.05. The maximum Gasteiger partial charge on any atom is 0.336 e. The van der Waals surface area contributed by atoms with Crippen LogP contribution in [-0.2, 0) is 0 Å². The highest BCUT2D eigenvalue weighted by Gasteiger charge is 2.00. The lowest BCUT2D eigenvalue weighted by molar-refractivity contribution is 0.0696. The van der Waals surface area contributed by atoms with Crippen LogP contribution in [0.1, 0.15) is 10.4 Å². The zero-order valence-corrected chi connectivity index (χ0v) is 5.16. The van der Waals surface area contributed by atoms with Gasteiger partial charge in [-0.1, -0.05) is 6.07 Å². The summed E-state index contributed by atoms with van der Waals surface area (Å²) in [6, 6.07) is 7.10. The Kier molecular flexibility index (Phi) is 1.58. The van der Waals surface area contributed by atoms with Crippen molar-refractivity contribution in [1.29, 1.82) is 0 Å². The number of hydrogen-bond donors (Lipinski definition) is 2. The van der Waals surface area contributed by atoms with Gasteiger partial charge in [0.15, 0.2) is 0 Å². The number of hydrogen-bond acceptors (Lipinski definition) is 2. The molecule has 10 heavy (non-hydrogen) atoms. The van der Waals surface area contributed by atoms with Crippen LogP contribution in [0.4, 0.5) is 5.69 Å². The molecule has 0 spiro atoms. The highest BCUT2D eigenvalue weighted by molar-refractivity contribution is 5.88. The van der Waals surface area contributed by atoms with Crippen molar-refractivity contribution in [2.24, 2.45) is 0 Å². The number of aromatic carboxylic acids is 1. The Morgan fingerprint density at radius 3 is 2.70 bits per heavy atom. The zero-order valence-electron chi connectivity index (χ0n) is 5.16. The summed E-state index contributed by atoms with van der Waals surface area (Å²) in [5.41, 5.74) is 5.72. The average Bonchev–Trinajstić information content (AvgIpc) is 1.88. The summed E-state index contributed by atoms with van der Waals surface area (Å²) in [6.45, 7) is 0. The fourth-order valence-electron chi connectivity index (χ4n) is 0.612. The summed E-state index contributed by atoms with van der Waals surface area (Å²) in [5, 5.41) is 8.42. The van der Waals surface area contributed by atoms with Gasteiger partial charge in [-0.05, 0) is 12.1 Å². The molecule has 1 aromatic rings. The Balaban J connectivity index is 3.07. The first kappa shape index (κ1) is 6.61. The molecule has 3 nitrogen and oxygen atoms in total. The lowest BCUT2D eigenvalue weighted by atomic mass is 10.2. The zero-order chi connectivity index (χ0) is 7.56. The van der Waals surface area contributed by atoms with Gasteiger partial charge in [0.1, 0.15) is 0 Å². The van der Waals surface area contributed by atoms with Crippen LogP contribution in [0.15, 0.2) is 18.2 Å². The van der Waals surface area contributed by atoms with Crippen molar-refractivity contribution >= 4 is 11.7 Å². The number of carboxylic acids is 1. The predicted molar refractivity (Wildman–Crippen MR) is 36.6 cm³/mol. The summed E-state index contributed by atoms with van der Waals surface area (Å²) in [6.07, 6.45) is 0. The van der Waals surface area contributed by atoms with E-state index < -0.39 is 5.97 Å². The van der Waals surface area contributed by atoms with E-state index in [2.05, 4.69) is 6.07 Å². The van der Waals surface area contributed by atoms with Gasteiger partial charge < -0.3 is 10.8 Å². The molecule has 0 saturated carbocycles. The third-order valence-corrected chi connectivity index (χ3v) is 1.05. The Morgan fingerprint density at radius 1 is 1.60 bits per heavy atom. The van der Waals surface area contributed by atoms with Gasteiger partial charge in [0.2, 0.25) is 0 Å². The number of benzene rings is 1. The predicted octanol–water partition coefficient (Wildman–Crippen LogP) is 0.767. The van der Waals surface area contributed by atoms with Gasteiger partial charge in [-0.25, -0.2) is 4.79 Å². The highest BCUT2D eigenvalue weighted by atomic mass is 16.4. The van der Waals surface area contributed by atoms with Gasteiger partial charge >= 0.3 is 5.97 Å². The number of carbonyl (C=O) groups is 1. The van der Waals surface area contributed by atoms with Crippen molar-refractivity contribution in [3.05, 3.63) is 29.8 Å². The molecule has 0 unspecified atom stereocenters. The smallest absolute Gasteiger partial charge is 0.336 e. The van der Waals surface area contributed by atoms with Crippen molar-refractivity contribution in [2.75, 3.05) is 5.73 Å². The van der Waals surface area contributed by atoms with Gasteiger partial charge in [0.05, 0.1) is 5.56 Å². The van der Waals surface area contributed by atoms with E-state index in [1.807, 2.05) is 0 Å². The SMILES string of the molecule is Nc1[c]c(C(=O)O)ccc1. The Labute approximate surface area is 58.1 Å². The van der Waals surface area contributed by atoms with Crippen LogP contribution in [0, 0.1) is 6.07 Å². The molecule has 0 atom stereocenters. The topological polar surface area (TPSA) is 63.3 Å². The fourth-order valence-corrected chi connectivity index (χ4v) is 0.612. The molecule has 0 aliphatic carbocycles. The van der Waals surface area contributed by atoms with Gasteiger partial charge in [-0.3, -0.25) is 0 Å². The van der Waals surface area contributed by atoms with E-state index in [1.54, 1.807) is 12.1 Å². The molecule has 0 saturated heterocycles. The van der Waals surface area contributed by atoms with E-state index in [0.29, 0.717) is 5.69 Å². The van der Waals surface area contributed by atoms with Crippen molar-refractivity contribution in [3.8, 4) is 0 Å². The molecular formula is C7H6NO2. The van der Waals surface area contributed by atoms with Crippen molar-refractivity contribution in [1.82, 2.24) is 0 Å². The lowest BCUT2D eigenvalue weighted by Gasteiger charge is -1.92. The molecule has 0 aromatic heterocycles. The quantitative estimate of drug-likeness (QED) is 0.560. The van der Waals surface area contributed by atoms with E-state index in [9.17, 15) is 4.79 Å². The van der Waals surface area contributed by atoms with Crippen LogP contribution in [-0.4, -0.2) is 11.1 Å². The third kappa shape index (κ3) is 1.25. The molecule has 1 aromatic carbocycles. The first-order chi connectivity index (χ1) is 4.70. The van der Waals surface area contributed by atoms with E-state index >= 15 is 0 Å². The average molecular weight is 136 g/mol. The number of rotatable bonds is 1. The molecule has 1 rings (SSSR count). The van der Waals surface area contributed by atoms with E-state index in [4.69, 9.17) is 10.8 Å². The summed E-state index contributed by atoms with van der Waals surface area (Å²) >= 11 is 0. The molecule has 1 radical (unpaired) electrons. The maximum atomic E-state index is 10.3. The second-order valence-corrected chi connectivity index (χ2v) is 1.82. The standard InChI is InChI=1S/C7H6NO2/c8-6-3-1-2-5(4-6)7(9)10/h1-3H,8H2,(H,9,10). The van der Waals surface area contributed by atoms with Crippen LogP contribution in [0.25, 0.3) is 0 Å². The minimum absolute atomic E-state index is 0.0972. The summed E-state index contributed by atoms with van der Waals surface area (Å²) in [4.78, 5) is 10.3. The summed E-state index contributed by atoms with van der Waals surface area (Å²) in [7, 11) is 0. The first-order valence-electron chi connectivity index (χ1n) is 2.71. The maximum absolute atomic E-state index is 10.3. The summed E-state index contributed by atoms with van der Waals surface area (Å²) < 4.78 is 0. The number of nitrogens with two attached hydrogens (primary N) is 1. The van der Waals surface area contributed by atoms with Crippen LogP contribution < -0.4 is 5.73 Å². The normalized spacial score (nSPS) is 9.20. The molecule has 0 aliphatic heterocycles. The van der Waals surface area contributed by atoms with Crippen molar-refractivity contribution in [2.45, 2.75) is 0 Å². The Hall–Kier alpha value is -1.51. The molecule has 0 heterocycles. The number of nitrogen functional groups attached to an aromatic ring is 1. The minimum atomic E-state index is -1.01. The number of anilines is 1. The molecule has 0 aliphatic rings. The largest absolute Gasteiger partial charge is 0.478 e. The first-order valence-corrected chi connectivity index (χ1v) is 2.71. The van der Waals surface area contributed by atoms with Gasteiger partial charge in [-0.15, -0.1) is 0 Å². The second kappa shape index (κ2) is 2.39. The van der Waals surface area contributed by atoms with Crippen molar-refractivity contribution < 1.29 is 9.90 Å². The van der Waals surface area contributed by atoms with Gasteiger partial charge in [0, 0.05) is 11.8 Å². The fraction of sp³-hybridized carbons (Fsp3) is 0. The van der Waals surface area contributed by atoms with E-state index in [1.165, 1.54) is 6.07 Å². The van der Waals surface area contributed by atoms with Crippen LogP contribution in [0.3, 0.4) is 0 Å². The summed E-state index contributed by atoms with van der Waals surface area (Å²) in [5.74, 6) is -1.01. The second-order valence-electron chi connectivity index (χ2n) is 1.82. The Morgan fingerprint density at radius 2 is 2.30 bits per heavy atom. The molecule has 3 N–H and O–H groups in total. The highest BCUT2D eigenvalue weighted by Crippen LogP contribution is 2.04. The Bertz CT molecular complexity index is 258.